The van der Waals surface area contributed by atoms with Gasteiger partial charge in [-0.1, -0.05) is 0 Å². The lowest BCUT2D eigenvalue weighted by Gasteiger charge is -2.29. The van der Waals surface area contributed by atoms with Crippen molar-refractivity contribution in [2.24, 2.45) is 0 Å². The van der Waals surface area contributed by atoms with Gasteiger partial charge in [-0.25, -0.2) is 4.79 Å². The zero-order valence-electron chi connectivity index (χ0n) is 14.6. The standard InChI is InChI=1S/C15H25N3O6/c1-14(2,3)24-13(23)18-15(4,5)12(22)17-8-6-10(19)16-9(8)7-11(20)21/h8-9H,6-7H2,1-5H3,(H,16,19)(H,17,22)(H,18,23)(H,20,21)/t8-,9+/m0/s1. The monoisotopic (exact) mass is 343 g/mol. The first-order valence-electron chi connectivity index (χ1n) is 7.63. The van der Waals surface area contributed by atoms with E-state index < -0.39 is 41.2 Å². The molecular formula is C15H25N3O6. The summed E-state index contributed by atoms with van der Waals surface area (Å²) in [7, 11) is 0. The number of rotatable bonds is 5. The van der Waals surface area contributed by atoms with E-state index in [1.807, 2.05) is 0 Å². The number of nitrogens with one attached hydrogen (secondary N) is 3. The molecule has 1 aliphatic rings. The van der Waals surface area contributed by atoms with Crippen LogP contribution in [0.1, 0.15) is 47.5 Å². The molecule has 0 aromatic carbocycles. The van der Waals surface area contributed by atoms with Gasteiger partial charge in [0.2, 0.25) is 11.8 Å². The number of carboxylic acids is 1. The Kier molecular flexibility index (Phi) is 5.80. The summed E-state index contributed by atoms with van der Waals surface area (Å²) in [5.41, 5.74) is -1.99. The Morgan fingerprint density at radius 1 is 1.25 bits per heavy atom. The fraction of sp³-hybridized carbons (Fsp3) is 0.733. The zero-order valence-corrected chi connectivity index (χ0v) is 14.6. The third kappa shape index (κ3) is 6.05. The minimum Gasteiger partial charge on any atom is -0.481 e. The number of carbonyl (C=O) groups excluding carboxylic acids is 3. The molecule has 0 aromatic rings. The normalized spacial score (nSPS) is 21.0. The molecule has 4 N–H and O–H groups in total. The molecule has 1 heterocycles. The maximum atomic E-state index is 12.4. The summed E-state index contributed by atoms with van der Waals surface area (Å²) in [6.45, 7) is 8.08. The number of hydrogen-bond acceptors (Lipinski definition) is 5. The molecule has 0 aromatic heterocycles. The number of ether oxygens (including phenoxy) is 1. The number of carbonyl (C=O) groups is 4. The lowest BCUT2D eigenvalue weighted by Crippen LogP contribution is -2.58. The van der Waals surface area contributed by atoms with Gasteiger partial charge < -0.3 is 25.8 Å². The Labute approximate surface area is 140 Å². The molecule has 9 nitrogen and oxygen atoms in total. The minimum absolute atomic E-state index is 0.00773. The number of alkyl carbamates (subject to hydrolysis) is 1. The first-order chi connectivity index (χ1) is 10.8. The van der Waals surface area contributed by atoms with Gasteiger partial charge >= 0.3 is 12.1 Å². The fourth-order valence-electron chi connectivity index (χ4n) is 2.21. The smallest absolute Gasteiger partial charge is 0.408 e. The highest BCUT2D eigenvalue weighted by molar-refractivity contribution is 5.90. The van der Waals surface area contributed by atoms with Gasteiger partial charge in [-0.15, -0.1) is 0 Å². The molecule has 0 bridgehead atoms. The van der Waals surface area contributed by atoms with Crippen LogP contribution in [0.4, 0.5) is 4.79 Å². The van der Waals surface area contributed by atoms with Gasteiger partial charge in [0, 0.05) is 6.42 Å². The van der Waals surface area contributed by atoms with Crippen molar-refractivity contribution < 1.29 is 29.0 Å². The van der Waals surface area contributed by atoms with E-state index >= 15 is 0 Å². The second kappa shape index (κ2) is 7.06. The van der Waals surface area contributed by atoms with Crippen molar-refractivity contribution >= 4 is 23.9 Å². The van der Waals surface area contributed by atoms with Crippen LogP contribution < -0.4 is 16.0 Å². The highest BCUT2D eigenvalue weighted by atomic mass is 16.6. The maximum Gasteiger partial charge on any atom is 0.408 e. The first kappa shape index (κ1) is 19.7. The van der Waals surface area contributed by atoms with Crippen LogP contribution in [0.3, 0.4) is 0 Å². The Hall–Kier alpha value is -2.32. The average Bonchev–Trinajstić information content (AvgIpc) is 2.64. The van der Waals surface area contributed by atoms with Gasteiger partial charge in [-0.05, 0) is 34.6 Å². The van der Waals surface area contributed by atoms with Crippen molar-refractivity contribution in [2.75, 3.05) is 0 Å². The van der Waals surface area contributed by atoms with Crippen LogP contribution in [0.15, 0.2) is 0 Å². The quantitative estimate of drug-likeness (QED) is 0.561. The average molecular weight is 343 g/mol. The van der Waals surface area contributed by atoms with Crippen LogP contribution in [0.25, 0.3) is 0 Å². The van der Waals surface area contributed by atoms with E-state index in [0.717, 1.165) is 0 Å². The molecule has 2 atom stereocenters. The summed E-state index contributed by atoms with van der Waals surface area (Å²) < 4.78 is 5.11. The second-order valence-electron chi connectivity index (χ2n) is 7.31. The summed E-state index contributed by atoms with van der Waals surface area (Å²) in [5, 5.41) is 16.5. The zero-order chi connectivity index (χ0) is 18.7. The Morgan fingerprint density at radius 2 is 1.83 bits per heavy atom. The molecular weight excluding hydrogens is 318 g/mol. The van der Waals surface area contributed by atoms with Crippen molar-refractivity contribution in [3.8, 4) is 0 Å². The van der Waals surface area contributed by atoms with Crippen LogP contribution in [0, 0.1) is 0 Å². The maximum absolute atomic E-state index is 12.4. The second-order valence-corrected chi connectivity index (χ2v) is 7.31. The summed E-state index contributed by atoms with van der Waals surface area (Å²) in [6, 6.07) is -1.34. The minimum atomic E-state index is -1.29. The highest BCUT2D eigenvalue weighted by Gasteiger charge is 2.39. The van der Waals surface area contributed by atoms with E-state index in [2.05, 4.69) is 16.0 Å². The van der Waals surface area contributed by atoms with Crippen molar-refractivity contribution in [3.05, 3.63) is 0 Å². The van der Waals surface area contributed by atoms with Gasteiger partial charge in [-0.2, -0.15) is 0 Å². The molecule has 0 unspecified atom stereocenters. The summed E-state index contributed by atoms with van der Waals surface area (Å²) in [5.74, 6) is -1.94. The van der Waals surface area contributed by atoms with Crippen LogP contribution >= 0.6 is 0 Å². The van der Waals surface area contributed by atoms with Gasteiger partial charge in [-0.3, -0.25) is 14.4 Å². The number of carboxylic acid groups (broad SMARTS) is 1. The summed E-state index contributed by atoms with van der Waals surface area (Å²) in [4.78, 5) is 46.5. The SMILES string of the molecule is CC(C)(C)OC(=O)NC(C)(C)C(=O)N[C@H]1CC(=O)N[C@@H]1CC(=O)O. The molecule has 1 fully saturated rings. The lowest BCUT2D eigenvalue weighted by atomic mass is 10.0. The van der Waals surface area contributed by atoms with E-state index in [9.17, 15) is 19.2 Å². The Morgan fingerprint density at radius 3 is 2.33 bits per heavy atom. The molecule has 1 aliphatic heterocycles. The van der Waals surface area contributed by atoms with E-state index in [1.165, 1.54) is 13.8 Å². The van der Waals surface area contributed by atoms with E-state index in [1.54, 1.807) is 20.8 Å². The molecule has 0 radical (unpaired) electrons. The van der Waals surface area contributed by atoms with E-state index in [0.29, 0.717) is 0 Å². The molecule has 0 spiro atoms. The number of aliphatic carboxylic acids is 1. The highest BCUT2D eigenvalue weighted by Crippen LogP contribution is 2.15. The number of amides is 3. The molecule has 1 rings (SSSR count). The Bertz CT molecular complexity index is 538. The molecule has 24 heavy (non-hydrogen) atoms. The van der Waals surface area contributed by atoms with Crippen LogP contribution in [-0.4, -0.2) is 52.2 Å². The predicted octanol–water partition coefficient (Wildman–Crippen LogP) is 0.138. The number of hydrogen-bond donors (Lipinski definition) is 4. The van der Waals surface area contributed by atoms with Crippen molar-refractivity contribution in [1.82, 2.24) is 16.0 Å². The largest absolute Gasteiger partial charge is 0.481 e. The van der Waals surface area contributed by atoms with E-state index in [-0.39, 0.29) is 18.7 Å². The first-order valence-corrected chi connectivity index (χ1v) is 7.63. The predicted molar refractivity (Wildman–Crippen MR) is 84.2 cm³/mol. The van der Waals surface area contributed by atoms with Crippen molar-refractivity contribution in [1.29, 1.82) is 0 Å². The Balaban J connectivity index is 2.68. The van der Waals surface area contributed by atoms with Gasteiger partial charge in [0.1, 0.15) is 11.1 Å². The third-order valence-electron chi connectivity index (χ3n) is 3.33. The molecule has 9 heteroatoms. The van der Waals surface area contributed by atoms with Gasteiger partial charge in [0.15, 0.2) is 0 Å². The van der Waals surface area contributed by atoms with E-state index in [4.69, 9.17) is 9.84 Å². The van der Waals surface area contributed by atoms with Crippen molar-refractivity contribution in [2.45, 2.75) is 70.7 Å². The van der Waals surface area contributed by atoms with Crippen LogP contribution in [-0.2, 0) is 19.1 Å². The van der Waals surface area contributed by atoms with Gasteiger partial charge in [0.05, 0.1) is 18.5 Å². The van der Waals surface area contributed by atoms with Crippen LogP contribution in [0.5, 0.6) is 0 Å². The fourth-order valence-corrected chi connectivity index (χ4v) is 2.21. The topological polar surface area (TPSA) is 134 Å². The molecule has 136 valence electrons. The van der Waals surface area contributed by atoms with Gasteiger partial charge in [0.25, 0.3) is 0 Å². The van der Waals surface area contributed by atoms with Crippen LogP contribution in [0.2, 0.25) is 0 Å². The lowest BCUT2D eigenvalue weighted by molar-refractivity contribution is -0.138. The molecule has 0 aliphatic carbocycles. The third-order valence-corrected chi connectivity index (χ3v) is 3.33. The summed E-state index contributed by atoms with van der Waals surface area (Å²) in [6.07, 6.45) is -1.05. The molecule has 3 amide bonds. The molecule has 0 saturated carbocycles. The molecule has 1 saturated heterocycles. The summed E-state index contributed by atoms with van der Waals surface area (Å²) >= 11 is 0. The van der Waals surface area contributed by atoms with Crippen molar-refractivity contribution in [3.63, 3.8) is 0 Å².